The normalized spacial score (nSPS) is 19.7. The Balaban J connectivity index is 2.17. The van der Waals surface area contributed by atoms with E-state index in [1.807, 2.05) is 0 Å². The molecule has 2 heteroatoms. The molecular weight excluding hydrogens is 208 g/mol. The van der Waals surface area contributed by atoms with Gasteiger partial charge in [-0.05, 0) is 26.7 Å². The quantitative estimate of drug-likeness (QED) is 0.585. The molecule has 1 aliphatic rings. The van der Waals surface area contributed by atoms with Crippen LogP contribution >= 0.6 is 0 Å². The van der Waals surface area contributed by atoms with E-state index in [9.17, 15) is 0 Å². The molecule has 1 atom stereocenters. The molecule has 0 saturated heterocycles. The van der Waals surface area contributed by atoms with Crippen molar-refractivity contribution in [1.29, 1.82) is 0 Å². The fourth-order valence-electron chi connectivity index (χ4n) is 2.57. The molecule has 17 heavy (non-hydrogen) atoms. The third-order valence-electron chi connectivity index (χ3n) is 3.70. The second-order valence-electron chi connectivity index (χ2n) is 5.54. The van der Waals surface area contributed by atoms with Crippen LogP contribution in [0.25, 0.3) is 0 Å². The Morgan fingerprint density at radius 3 is 2.29 bits per heavy atom. The highest BCUT2D eigenvalue weighted by molar-refractivity contribution is 4.96. The zero-order valence-corrected chi connectivity index (χ0v) is 12.2. The molecule has 0 saturated carbocycles. The van der Waals surface area contributed by atoms with Gasteiger partial charge < -0.3 is 9.80 Å². The lowest BCUT2D eigenvalue weighted by molar-refractivity contribution is 0.134. The molecule has 0 N–H and O–H groups in total. The van der Waals surface area contributed by atoms with E-state index in [1.54, 1.807) is 0 Å². The molecule has 1 rings (SSSR count). The van der Waals surface area contributed by atoms with Crippen LogP contribution in [0.2, 0.25) is 0 Å². The van der Waals surface area contributed by atoms with Crippen LogP contribution in [-0.4, -0.2) is 29.1 Å². The second kappa shape index (κ2) is 7.62. The van der Waals surface area contributed by atoms with Gasteiger partial charge in [-0.25, -0.2) is 0 Å². The molecule has 0 spiro atoms. The SMILES string of the molecule is CCCCCCCCC1N(C)C=CN1C(C)C. The van der Waals surface area contributed by atoms with Gasteiger partial charge in [-0.3, -0.25) is 0 Å². The molecule has 0 bridgehead atoms. The molecular formula is C15H30N2. The van der Waals surface area contributed by atoms with Crippen LogP contribution in [0.15, 0.2) is 12.4 Å². The standard InChI is InChI=1S/C15H30N2/c1-5-6-7-8-9-10-11-15-16(4)12-13-17(15)14(2)3/h12-15H,5-11H2,1-4H3. The van der Waals surface area contributed by atoms with Crippen molar-refractivity contribution in [3.63, 3.8) is 0 Å². The maximum absolute atomic E-state index is 2.48. The van der Waals surface area contributed by atoms with Crippen LogP contribution in [0, 0.1) is 0 Å². The highest BCUT2D eigenvalue weighted by atomic mass is 15.4. The first-order valence-corrected chi connectivity index (χ1v) is 7.34. The first-order chi connectivity index (χ1) is 8.16. The molecule has 1 heterocycles. The van der Waals surface area contributed by atoms with E-state index in [1.165, 1.54) is 44.9 Å². The molecule has 0 radical (unpaired) electrons. The third-order valence-corrected chi connectivity index (χ3v) is 3.70. The Bertz CT molecular complexity index is 223. The van der Waals surface area contributed by atoms with E-state index in [-0.39, 0.29) is 0 Å². The summed E-state index contributed by atoms with van der Waals surface area (Å²) in [7, 11) is 2.20. The van der Waals surface area contributed by atoms with Crippen molar-refractivity contribution < 1.29 is 0 Å². The van der Waals surface area contributed by atoms with Crippen LogP contribution in [-0.2, 0) is 0 Å². The van der Waals surface area contributed by atoms with Crippen LogP contribution in [0.5, 0.6) is 0 Å². The summed E-state index contributed by atoms with van der Waals surface area (Å²) < 4.78 is 0. The molecule has 1 aliphatic heterocycles. The lowest BCUT2D eigenvalue weighted by Gasteiger charge is -2.33. The summed E-state index contributed by atoms with van der Waals surface area (Å²) in [6.45, 7) is 6.83. The van der Waals surface area contributed by atoms with E-state index in [0.29, 0.717) is 12.2 Å². The van der Waals surface area contributed by atoms with Crippen molar-refractivity contribution in [1.82, 2.24) is 9.80 Å². The summed E-state index contributed by atoms with van der Waals surface area (Å²) >= 11 is 0. The highest BCUT2D eigenvalue weighted by Crippen LogP contribution is 2.22. The van der Waals surface area contributed by atoms with E-state index < -0.39 is 0 Å². The van der Waals surface area contributed by atoms with Gasteiger partial charge in [0.15, 0.2) is 0 Å². The molecule has 0 aliphatic carbocycles. The molecule has 1 unspecified atom stereocenters. The minimum Gasteiger partial charge on any atom is -0.359 e. The first kappa shape index (κ1) is 14.4. The van der Waals surface area contributed by atoms with Crippen LogP contribution in [0.3, 0.4) is 0 Å². The number of hydrogen-bond donors (Lipinski definition) is 0. The van der Waals surface area contributed by atoms with Crippen molar-refractivity contribution in [2.45, 2.75) is 77.9 Å². The number of nitrogens with zero attached hydrogens (tertiary/aromatic N) is 2. The van der Waals surface area contributed by atoms with Crippen LogP contribution in [0.4, 0.5) is 0 Å². The lowest BCUT2D eigenvalue weighted by Crippen LogP contribution is -2.40. The minimum atomic E-state index is 0.598. The molecule has 0 amide bonds. The summed E-state index contributed by atoms with van der Waals surface area (Å²) in [4.78, 5) is 4.83. The van der Waals surface area contributed by atoms with Crippen LogP contribution < -0.4 is 0 Å². The first-order valence-electron chi connectivity index (χ1n) is 7.34. The lowest BCUT2D eigenvalue weighted by atomic mass is 10.1. The summed E-state index contributed by atoms with van der Waals surface area (Å²) in [5, 5.41) is 0. The van der Waals surface area contributed by atoms with E-state index in [4.69, 9.17) is 0 Å². The molecule has 0 aromatic carbocycles. The third kappa shape index (κ3) is 4.61. The molecule has 100 valence electrons. The smallest absolute Gasteiger partial charge is 0.101 e. The maximum Gasteiger partial charge on any atom is 0.101 e. The van der Waals surface area contributed by atoms with E-state index >= 15 is 0 Å². The van der Waals surface area contributed by atoms with Gasteiger partial charge in [-0.2, -0.15) is 0 Å². The number of rotatable bonds is 8. The van der Waals surface area contributed by atoms with Crippen molar-refractivity contribution in [3.8, 4) is 0 Å². The van der Waals surface area contributed by atoms with Gasteiger partial charge in [0.05, 0.1) is 0 Å². The molecule has 2 nitrogen and oxygen atoms in total. The Morgan fingerprint density at radius 1 is 1.00 bits per heavy atom. The van der Waals surface area contributed by atoms with Crippen molar-refractivity contribution >= 4 is 0 Å². The van der Waals surface area contributed by atoms with Crippen molar-refractivity contribution in [3.05, 3.63) is 12.4 Å². The molecule has 0 aromatic rings. The summed E-state index contributed by atoms with van der Waals surface area (Å²) in [6.07, 6.45) is 14.7. The van der Waals surface area contributed by atoms with Gasteiger partial charge in [0.2, 0.25) is 0 Å². The minimum absolute atomic E-state index is 0.598. The number of unbranched alkanes of at least 4 members (excludes halogenated alkanes) is 5. The largest absolute Gasteiger partial charge is 0.359 e. The van der Waals surface area contributed by atoms with E-state index in [2.05, 4.69) is 50.0 Å². The summed E-state index contributed by atoms with van der Waals surface area (Å²) in [5.74, 6) is 0. The van der Waals surface area contributed by atoms with Gasteiger partial charge in [0, 0.05) is 25.5 Å². The number of hydrogen-bond acceptors (Lipinski definition) is 2. The fourth-order valence-corrected chi connectivity index (χ4v) is 2.57. The topological polar surface area (TPSA) is 6.48 Å². The van der Waals surface area contributed by atoms with Crippen molar-refractivity contribution in [2.24, 2.45) is 0 Å². The predicted molar refractivity (Wildman–Crippen MR) is 75.7 cm³/mol. The monoisotopic (exact) mass is 238 g/mol. The second-order valence-corrected chi connectivity index (χ2v) is 5.54. The maximum atomic E-state index is 2.48. The van der Waals surface area contributed by atoms with Crippen LogP contribution in [0.1, 0.15) is 65.7 Å². The van der Waals surface area contributed by atoms with Crippen molar-refractivity contribution in [2.75, 3.05) is 7.05 Å². The predicted octanol–water partition coefficient (Wildman–Crippen LogP) is 4.19. The van der Waals surface area contributed by atoms with Gasteiger partial charge in [-0.1, -0.05) is 39.0 Å². The molecule has 0 fully saturated rings. The Labute approximate surface area is 108 Å². The molecule has 0 aromatic heterocycles. The average Bonchev–Trinajstić information content (AvgIpc) is 2.65. The van der Waals surface area contributed by atoms with E-state index in [0.717, 1.165) is 0 Å². The Kier molecular flexibility index (Phi) is 6.46. The fraction of sp³-hybridized carbons (Fsp3) is 0.867. The van der Waals surface area contributed by atoms with Gasteiger partial charge in [0.25, 0.3) is 0 Å². The summed E-state index contributed by atoms with van der Waals surface area (Å²) in [5.41, 5.74) is 0. The van der Waals surface area contributed by atoms with Gasteiger partial charge in [-0.15, -0.1) is 0 Å². The Hall–Kier alpha value is -0.660. The van der Waals surface area contributed by atoms with Gasteiger partial charge >= 0.3 is 0 Å². The average molecular weight is 238 g/mol. The summed E-state index contributed by atoms with van der Waals surface area (Å²) in [6, 6.07) is 0.612. The highest BCUT2D eigenvalue weighted by Gasteiger charge is 2.24. The zero-order chi connectivity index (χ0) is 12.7. The van der Waals surface area contributed by atoms with Gasteiger partial charge in [0.1, 0.15) is 6.17 Å². The zero-order valence-electron chi connectivity index (χ0n) is 12.2. The Morgan fingerprint density at radius 2 is 1.65 bits per heavy atom.